The Morgan fingerprint density at radius 2 is 1.73 bits per heavy atom. The number of halogens is 2. The van der Waals surface area contributed by atoms with Crippen molar-refractivity contribution in [3.63, 3.8) is 0 Å². The van der Waals surface area contributed by atoms with Crippen LogP contribution in [0.15, 0.2) is 71.2 Å². The standard InChI is InChI=1S/C25H17BrClNO5/c1-32-17-11-9-16(10-12-17)28-21(29)13-19(23(28)30)25(14-5-7-15(27)8-6-14)18-3-2-4-20(26)22(18)33-24(25)31/h2-12,19H,13H2,1H3/t19-,25+/m1/s1. The number of ether oxygens (including phenoxy) is 2. The van der Waals surface area contributed by atoms with Crippen molar-refractivity contribution in [1.82, 2.24) is 0 Å². The van der Waals surface area contributed by atoms with E-state index in [1.807, 2.05) is 0 Å². The van der Waals surface area contributed by atoms with Gasteiger partial charge in [-0.25, -0.2) is 0 Å². The predicted octanol–water partition coefficient (Wildman–Crippen LogP) is 4.90. The molecule has 2 aliphatic heterocycles. The molecule has 33 heavy (non-hydrogen) atoms. The molecule has 1 fully saturated rings. The summed E-state index contributed by atoms with van der Waals surface area (Å²) in [6, 6.07) is 18.6. The number of nitrogens with zero attached hydrogens (tertiary/aromatic N) is 1. The molecule has 8 heteroatoms. The number of imide groups is 1. The Kier molecular flexibility index (Phi) is 5.26. The minimum Gasteiger partial charge on any atom is -0.497 e. The summed E-state index contributed by atoms with van der Waals surface area (Å²) in [7, 11) is 1.54. The first-order valence-corrected chi connectivity index (χ1v) is 11.3. The quantitative estimate of drug-likeness (QED) is 0.275. The molecule has 2 aliphatic rings. The van der Waals surface area contributed by atoms with Crippen molar-refractivity contribution in [2.75, 3.05) is 12.0 Å². The number of carbonyl (C=O) groups is 3. The molecular formula is C25H17BrClNO5. The molecule has 3 aromatic carbocycles. The average Bonchev–Trinajstić information content (AvgIpc) is 3.28. The molecule has 0 aromatic heterocycles. The van der Waals surface area contributed by atoms with Crippen molar-refractivity contribution in [2.45, 2.75) is 11.8 Å². The lowest BCUT2D eigenvalue weighted by Gasteiger charge is -2.31. The van der Waals surface area contributed by atoms with Crippen LogP contribution in [-0.2, 0) is 19.8 Å². The number of carbonyl (C=O) groups excluding carboxylic acids is 3. The van der Waals surface area contributed by atoms with Crippen LogP contribution in [0, 0.1) is 5.92 Å². The Bertz CT molecular complexity index is 1290. The lowest BCUT2D eigenvalue weighted by atomic mass is 9.66. The normalized spacial score (nSPS) is 21.8. The largest absolute Gasteiger partial charge is 0.497 e. The van der Waals surface area contributed by atoms with Crippen LogP contribution in [0.2, 0.25) is 5.02 Å². The Morgan fingerprint density at radius 1 is 1.03 bits per heavy atom. The van der Waals surface area contributed by atoms with Crippen LogP contribution in [0.5, 0.6) is 11.5 Å². The van der Waals surface area contributed by atoms with E-state index in [9.17, 15) is 14.4 Å². The smallest absolute Gasteiger partial charge is 0.327 e. The first-order chi connectivity index (χ1) is 15.9. The molecule has 0 bridgehead atoms. The first kappa shape index (κ1) is 21.7. The van der Waals surface area contributed by atoms with E-state index in [0.717, 1.165) is 4.90 Å². The lowest BCUT2D eigenvalue weighted by molar-refractivity contribution is -0.141. The molecule has 2 heterocycles. The summed E-state index contributed by atoms with van der Waals surface area (Å²) >= 11 is 9.54. The summed E-state index contributed by atoms with van der Waals surface area (Å²) in [6.45, 7) is 0. The van der Waals surface area contributed by atoms with Gasteiger partial charge < -0.3 is 9.47 Å². The maximum absolute atomic E-state index is 13.8. The van der Waals surface area contributed by atoms with Crippen molar-refractivity contribution in [3.05, 3.63) is 87.4 Å². The van der Waals surface area contributed by atoms with E-state index < -0.39 is 23.2 Å². The summed E-state index contributed by atoms with van der Waals surface area (Å²) in [5, 5.41) is 0.489. The van der Waals surface area contributed by atoms with Crippen molar-refractivity contribution in [2.24, 2.45) is 5.92 Å². The number of hydrogen-bond donors (Lipinski definition) is 0. The summed E-state index contributed by atoms with van der Waals surface area (Å²) in [5.74, 6) is -1.50. The average molecular weight is 527 g/mol. The summed E-state index contributed by atoms with van der Waals surface area (Å²) < 4.78 is 11.4. The van der Waals surface area contributed by atoms with Crippen molar-refractivity contribution in [3.8, 4) is 11.5 Å². The van der Waals surface area contributed by atoms with Crippen molar-refractivity contribution >= 4 is 51.0 Å². The summed E-state index contributed by atoms with van der Waals surface area (Å²) in [6.07, 6.45) is -0.144. The zero-order valence-corrected chi connectivity index (χ0v) is 19.7. The number of fused-ring (bicyclic) bond motifs is 1. The van der Waals surface area contributed by atoms with E-state index >= 15 is 0 Å². The van der Waals surface area contributed by atoms with E-state index in [1.165, 1.54) is 7.11 Å². The molecule has 2 atom stereocenters. The second kappa shape index (κ2) is 8.01. The topological polar surface area (TPSA) is 72.9 Å². The van der Waals surface area contributed by atoms with Crippen LogP contribution in [0.3, 0.4) is 0 Å². The van der Waals surface area contributed by atoms with Gasteiger partial charge in [-0.15, -0.1) is 0 Å². The number of rotatable bonds is 4. The first-order valence-electron chi connectivity index (χ1n) is 10.2. The summed E-state index contributed by atoms with van der Waals surface area (Å²) in [5.41, 5.74) is 0.00120. The number of anilines is 1. The third-order valence-corrected chi connectivity index (χ3v) is 7.08. The maximum Gasteiger partial charge on any atom is 0.327 e. The minimum absolute atomic E-state index is 0.144. The van der Waals surface area contributed by atoms with Crippen LogP contribution in [0.25, 0.3) is 0 Å². The third-order valence-electron chi connectivity index (χ3n) is 6.21. The van der Waals surface area contributed by atoms with Crippen molar-refractivity contribution < 1.29 is 23.9 Å². The SMILES string of the molecule is COc1ccc(N2C(=O)C[C@@H]([C@@]3(c4ccc(Cl)cc4)C(=O)Oc4c(Br)cccc43)C2=O)cc1. The lowest BCUT2D eigenvalue weighted by Crippen LogP contribution is -2.46. The zero-order valence-electron chi connectivity index (χ0n) is 17.4. The van der Waals surface area contributed by atoms with Crippen LogP contribution >= 0.6 is 27.5 Å². The van der Waals surface area contributed by atoms with Gasteiger partial charge in [-0.05, 0) is 64.0 Å². The van der Waals surface area contributed by atoms with Gasteiger partial charge in [-0.1, -0.05) is 35.9 Å². The highest BCUT2D eigenvalue weighted by molar-refractivity contribution is 9.10. The molecule has 2 amide bonds. The highest BCUT2D eigenvalue weighted by atomic mass is 79.9. The molecule has 0 aliphatic carbocycles. The van der Waals surface area contributed by atoms with Gasteiger partial charge in [0.15, 0.2) is 0 Å². The van der Waals surface area contributed by atoms with Gasteiger partial charge in [-0.3, -0.25) is 19.3 Å². The summed E-state index contributed by atoms with van der Waals surface area (Å²) in [4.78, 5) is 41.6. The maximum atomic E-state index is 13.8. The number of hydrogen-bond acceptors (Lipinski definition) is 5. The molecule has 166 valence electrons. The predicted molar refractivity (Wildman–Crippen MR) is 126 cm³/mol. The molecule has 1 saturated heterocycles. The van der Waals surface area contributed by atoms with E-state index in [2.05, 4.69) is 15.9 Å². The molecule has 6 nitrogen and oxygen atoms in total. The van der Waals surface area contributed by atoms with E-state index in [0.29, 0.717) is 37.8 Å². The molecule has 0 saturated carbocycles. The van der Waals surface area contributed by atoms with Gasteiger partial charge in [0, 0.05) is 17.0 Å². The molecule has 0 radical (unpaired) electrons. The molecule has 0 unspecified atom stereocenters. The highest BCUT2D eigenvalue weighted by Crippen LogP contribution is 2.54. The van der Waals surface area contributed by atoms with E-state index in [-0.39, 0.29) is 12.3 Å². The van der Waals surface area contributed by atoms with Gasteiger partial charge in [0.1, 0.15) is 16.9 Å². The number of amides is 2. The van der Waals surface area contributed by atoms with Gasteiger partial charge >= 0.3 is 5.97 Å². The van der Waals surface area contributed by atoms with Gasteiger partial charge in [0.05, 0.1) is 23.2 Å². The molecule has 5 rings (SSSR count). The van der Waals surface area contributed by atoms with Crippen LogP contribution in [-0.4, -0.2) is 24.9 Å². The number of benzene rings is 3. The fourth-order valence-electron chi connectivity index (χ4n) is 4.70. The van der Waals surface area contributed by atoms with E-state index in [1.54, 1.807) is 66.7 Å². The molecule has 3 aromatic rings. The van der Waals surface area contributed by atoms with E-state index in [4.69, 9.17) is 21.1 Å². The number of esters is 1. The third kappa shape index (κ3) is 3.18. The molecule has 0 N–H and O–H groups in total. The molecule has 0 spiro atoms. The van der Waals surface area contributed by atoms with Crippen LogP contribution < -0.4 is 14.4 Å². The van der Waals surface area contributed by atoms with Crippen molar-refractivity contribution in [1.29, 1.82) is 0 Å². The fourth-order valence-corrected chi connectivity index (χ4v) is 5.27. The van der Waals surface area contributed by atoms with Crippen LogP contribution in [0.4, 0.5) is 5.69 Å². The zero-order chi connectivity index (χ0) is 23.3. The monoisotopic (exact) mass is 525 g/mol. The van der Waals surface area contributed by atoms with Gasteiger partial charge in [0.2, 0.25) is 11.8 Å². The minimum atomic E-state index is -1.49. The highest BCUT2D eigenvalue weighted by Gasteiger charge is 2.62. The van der Waals surface area contributed by atoms with Gasteiger partial charge in [0.25, 0.3) is 0 Å². The number of methoxy groups -OCH3 is 1. The Balaban J connectivity index is 1.68. The second-order valence-electron chi connectivity index (χ2n) is 7.84. The van der Waals surface area contributed by atoms with Gasteiger partial charge in [-0.2, -0.15) is 0 Å². The second-order valence-corrected chi connectivity index (χ2v) is 9.13. The Morgan fingerprint density at radius 3 is 2.39 bits per heavy atom. The Hall–Kier alpha value is -3.16. The Labute approximate surface area is 203 Å². The molecular weight excluding hydrogens is 510 g/mol. The fraction of sp³-hybridized carbons (Fsp3) is 0.160. The number of para-hydroxylation sites is 1. The van der Waals surface area contributed by atoms with Crippen LogP contribution in [0.1, 0.15) is 17.5 Å².